The molecule has 0 aliphatic carbocycles. The molecule has 0 fully saturated rings. The van der Waals surface area contributed by atoms with E-state index in [-0.39, 0.29) is 16.0 Å². The number of nitrogens with one attached hydrogen (secondary N) is 1. The van der Waals surface area contributed by atoms with Crippen LogP contribution in [0.25, 0.3) is 0 Å². The Hall–Kier alpha value is -1.45. The zero-order valence-electron chi connectivity index (χ0n) is 13.0. The van der Waals surface area contributed by atoms with E-state index >= 15 is 0 Å². The van der Waals surface area contributed by atoms with E-state index in [1.54, 1.807) is 31.2 Å². The van der Waals surface area contributed by atoms with Gasteiger partial charge in [-0.25, -0.2) is 0 Å². The maximum Gasteiger partial charge on any atom is 0.286 e. The van der Waals surface area contributed by atoms with Gasteiger partial charge in [-0.2, -0.15) is 13.4 Å². The summed E-state index contributed by atoms with van der Waals surface area (Å²) in [4.78, 5) is 4.91. The molecule has 1 aliphatic rings. The van der Waals surface area contributed by atoms with Crippen LogP contribution in [0.2, 0.25) is 15.1 Å². The Morgan fingerprint density at radius 2 is 1.77 bits per heavy atom. The van der Waals surface area contributed by atoms with Crippen molar-refractivity contribution in [3.05, 3.63) is 51.0 Å². The molecule has 0 bridgehead atoms. The van der Waals surface area contributed by atoms with Crippen LogP contribution in [0.5, 0.6) is 0 Å². The SMILES string of the molecule is Cc1cc2c(cc1Cl)Sc1nc(Nc3cc(Cl)cc(Cl)c3)nn1S2(=O)=O. The van der Waals surface area contributed by atoms with Gasteiger partial charge in [0.05, 0.1) is 0 Å². The van der Waals surface area contributed by atoms with Crippen molar-refractivity contribution < 1.29 is 8.42 Å². The number of aryl methyl sites for hydroxylation is 1. The molecular formula is C15H9Cl3N4O2S2. The first kappa shape index (κ1) is 17.9. The number of benzene rings is 2. The smallest absolute Gasteiger partial charge is 0.286 e. The third-order valence-electron chi connectivity index (χ3n) is 3.60. The fourth-order valence-electron chi connectivity index (χ4n) is 2.42. The van der Waals surface area contributed by atoms with E-state index in [2.05, 4.69) is 15.4 Å². The minimum atomic E-state index is -3.86. The summed E-state index contributed by atoms with van der Waals surface area (Å²) in [5, 5.41) is 8.57. The molecule has 1 aromatic heterocycles. The second-order valence-electron chi connectivity index (χ2n) is 5.50. The van der Waals surface area contributed by atoms with Gasteiger partial charge in [0, 0.05) is 25.7 Å². The molecule has 1 aliphatic heterocycles. The highest BCUT2D eigenvalue weighted by atomic mass is 35.5. The fourth-order valence-corrected chi connectivity index (χ4v) is 6.06. The minimum absolute atomic E-state index is 0.116. The number of aromatic nitrogens is 3. The lowest BCUT2D eigenvalue weighted by atomic mass is 10.2. The molecule has 0 unspecified atom stereocenters. The second-order valence-corrected chi connectivity index (χ2v) is 9.52. The number of halogens is 3. The van der Waals surface area contributed by atoms with Gasteiger partial charge in [0.15, 0.2) is 0 Å². The van der Waals surface area contributed by atoms with Gasteiger partial charge in [0.25, 0.3) is 10.0 Å². The van der Waals surface area contributed by atoms with Gasteiger partial charge >= 0.3 is 0 Å². The average Bonchev–Trinajstić information content (AvgIpc) is 2.92. The summed E-state index contributed by atoms with van der Waals surface area (Å²) in [5.41, 5.74) is 1.22. The molecule has 26 heavy (non-hydrogen) atoms. The van der Waals surface area contributed by atoms with E-state index in [4.69, 9.17) is 34.8 Å². The van der Waals surface area contributed by atoms with E-state index in [0.717, 1.165) is 4.09 Å². The zero-order chi connectivity index (χ0) is 18.6. The Bertz CT molecular complexity index is 1140. The normalized spacial score (nSPS) is 14.6. The number of anilines is 2. The van der Waals surface area contributed by atoms with E-state index in [1.807, 2.05) is 0 Å². The van der Waals surface area contributed by atoms with Crippen LogP contribution in [0.3, 0.4) is 0 Å². The molecule has 2 heterocycles. The van der Waals surface area contributed by atoms with E-state index < -0.39 is 10.0 Å². The molecule has 2 aromatic carbocycles. The van der Waals surface area contributed by atoms with Crippen molar-refractivity contribution in [1.29, 1.82) is 0 Å². The number of rotatable bonds is 2. The van der Waals surface area contributed by atoms with Crippen LogP contribution in [0, 0.1) is 6.92 Å². The Morgan fingerprint density at radius 3 is 2.46 bits per heavy atom. The summed E-state index contributed by atoms with van der Waals surface area (Å²) in [5.74, 6) is 0.116. The Balaban J connectivity index is 1.77. The van der Waals surface area contributed by atoms with Gasteiger partial charge in [0.1, 0.15) is 4.90 Å². The quantitative estimate of drug-likeness (QED) is 0.466. The first-order chi connectivity index (χ1) is 12.2. The van der Waals surface area contributed by atoms with E-state index in [9.17, 15) is 8.42 Å². The highest BCUT2D eigenvalue weighted by Crippen LogP contribution is 2.41. The highest BCUT2D eigenvalue weighted by molar-refractivity contribution is 8.01. The van der Waals surface area contributed by atoms with Crippen LogP contribution in [0.1, 0.15) is 5.56 Å². The monoisotopic (exact) mass is 446 g/mol. The van der Waals surface area contributed by atoms with Gasteiger partial charge in [-0.15, -0.1) is 9.19 Å². The summed E-state index contributed by atoms with van der Waals surface area (Å²) in [6, 6.07) is 8.01. The molecule has 4 rings (SSSR count). The van der Waals surface area contributed by atoms with Gasteiger partial charge in [-0.1, -0.05) is 34.8 Å². The lowest BCUT2D eigenvalue weighted by Gasteiger charge is -2.17. The Morgan fingerprint density at radius 1 is 1.08 bits per heavy atom. The molecule has 0 saturated heterocycles. The van der Waals surface area contributed by atoms with Crippen molar-refractivity contribution in [1.82, 2.24) is 14.2 Å². The predicted octanol–water partition coefficient (Wildman–Crippen LogP) is 4.99. The van der Waals surface area contributed by atoms with Crippen molar-refractivity contribution in [2.75, 3.05) is 5.32 Å². The van der Waals surface area contributed by atoms with Crippen LogP contribution >= 0.6 is 46.6 Å². The van der Waals surface area contributed by atoms with Gasteiger partial charge < -0.3 is 5.32 Å². The average molecular weight is 448 g/mol. The topological polar surface area (TPSA) is 76.9 Å². The molecule has 0 radical (unpaired) electrons. The van der Waals surface area contributed by atoms with Crippen LogP contribution < -0.4 is 5.32 Å². The van der Waals surface area contributed by atoms with Gasteiger partial charge in [0.2, 0.25) is 11.1 Å². The molecule has 1 N–H and O–H groups in total. The molecule has 0 amide bonds. The number of hydrogen-bond donors (Lipinski definition) is 1. The molecule has 0 spiro atoms. The third kappa shape index (κ3) is 3.05. The zero-order valence-corrected chi connectivity index (χ0v) is 16.9. The maximum atomic E-state index is 12.9. The lowest BCUT2D eigenvalue weighted by Crippen LogP contribution is -2.20. The van der Waals surface area contributed by atoms with Crippen LogP contribution in [-0.2, 0) is 10.0 Å². The Labute approximate surface area is 168 Å². The standard InChI is InChI=1S/C15H9Cl3N4O2S2/c1-7-2-13-12(6-11(7)18)25-15-20-14(21-22(15)26(13,23)24)19-10-4-8(16)3-9(17)5-10/h2-6H,1H3,(H,19,21). The van der Waals surface area contributed by atoms with Crippen LogP contribution in [0.15, 0.2) is 45.3 Å². The summed E-state index contributed by atoms with van der Waals surface area (Å²) < 4.78 is 26.6. The summed E-state index contributed by atoms with van der Waals surface area (Å²) in [6.45, 7) is 1.75. The van der Waals surface area contributed by atoms with E-state index in [1.165, 1.54) is 17.8 Å². The first-order valence-corrected chi connectivity index (χ1v) is 10.6. The third-order valence-corrected chi connectivity index (χ3v) is 7.30. The van der Waals surface area contributed by atoms with Gasteiger partial charge in [-0.05, 0) is 54.6 Å². The van der Waals surface area contributed by atoms with Crippen molar-refractivity contribution in [2.45, 2.75) is 21.9 Å². The summed E-state index contributed by atoms with van der Waals surface area (Å²) >= 11 is 19.2. The largest absolute Gasteiger partial charge is 0.323 e. The lowest BCUT2D eigenvalue weighted by molar-refractivity contribution is 0.568. The van der Waals surface area contributed by atoms with Crippen molar-refractivity contribution in [3.8, 4) is 0 Å². The molecule has 3 aromatic rings. The van der Waals surface area contributed by atoms with Crippen molar-refractivity contribution in [3.63, 3.8) is 0 Å². The Kier molecular flexibility index (Phi) is 4.36. The molecule has 11 heteroatoms. The summed E-state index contributed by atoms with van der Waals surface area (Å²) in [6.07, 6.45) is 0. The highest BCUT2D eigenvalue weighted by Gasteiger charge is 2.33. The first-order valence-electron chi connectivity index (χ1n) is 7.18. The van der Waals surface area contributed by atoms with Crippen molar-refractivity contribution >= 4 is 68.2 Å². The fraction of sp³-hybridized carbons (Fsp3) is 0.0667. The molecule has 0 atom stereocenters. The van der Waals surface area contributed by atoms with Crippen molar-refractivity contribution in [2.24, 2.45) is 0 Å². The predicted molar refractivity (Wildman–Crippen MR) is 103 cm³/mol. The molecule has 6 nitrogen and oxygen atoms in total. The molecule has 134 valence electrons. The van der Waals surface area contributed by atoms with E-state index in [0.29, 0.717) is 31.2 Å². The number of hydrogen-bond acceptors (Lipinski definition) is 6. The second kappa shape index (κ2) is 6.31. The minimum Gasteiger partial charge on any atom is -0.323 e. The summed E-state index contributed by atoms with van der Waals surface area (Å²) in [7, 11) is -3.86. The number of fused-ring (bicyclic) bond motifs is 2. The van der Waals surface area contributed by atoms with Crippen LogP contribution in [-0.4, -0.2) is 22.6 Å². The maximum absolute atomic E-state index is 12.9. The molecular weight excluding hydrogens is 439 g/mol. The molecule has 0 saturated carbocycles. The number of nitrogens with zero attached hydrogens (tertiary/aromatic N) is 3. The van der Waals surface area contributed by atoms with Gasteiger partial charge in [-0.3, -0.25) is 0 Å². The van der Waals surface area contributed by atoms with Crippen LogP contribution in [0.4, 0.5) is 11.6 Å².